The van der Waals surface area contributed by atoms with E-state index in [0.29, 0.717) is 27.8 Å². The number of thiophene rings is 1. The minimum absolute atomic E-state index is 0.105. The molecular weight excluding hydrogens is 398 g/mol. The molecule has 0 aliphatic heterocycles. The van der Waals surface area contributed by atoms with Gasteiger partial charge in [-0.3, -0.25) is 14.2 Å². The number of aryl methyl sites for hydroxylation is 1. The molecule has 4 rings (SSSR count). The van der Waals surface area contributed by atoms with Gasteiger partial charge in [-0.25, -0.2) is 4.98 Å². The number of ether oxygens (including phenoxy) is 1. The third-order valence-corrected chi connectivity index (χ3v) is 6.49. The van der Waals surface area contributed by atoms with Crippen LogP contribution >= 0.6 is 22.9 Å². The lowest BCUT2D eigenvalue weighted by Gasteiger charge is -2.17. The van der Waals surface area contributed by atoms with Gasteiger partial charge in [-0.15, -0.1) is 11.3 Å². The van der Waals surface area contributed by atoms with Crippen molar-refractivity contribution >= 4 is 44.7 Å². The molecule has 8 heteroatoms. The van der Waals surface area contributed by atoms with Gasteiger partial charge < -0.3 is 10.1 Å². The van der Waals surface area contributed by atoms with Crippen molar-refractivity contribution in [3.05, 3.63) is 50.3 Å². The first-order valence-electron chi connectivity index (χ1n) is 9.09. The van der Waals surface area contributed by atoms with Crippen molar-refractivity contribution in [3.63, 3.8) is 0 Å². The van der Waals surface area contributed by atoms with Crippen LogP contribution in [0, 0.1) is 5.92 Å². The molecule has 1 atom stereocenters. The molecule has 1 amide bonds. The molecule has 0 radical (unpaired) electrons. The van der Waals surface area contributed by atoms with Gasteiger partial charge in [-0.1, -0.05) is 18.5 Å². The van der Waals surface area contributed by atoms with Crippen molar-refractivity contribution in [3.8, 4) is 5.75 Å². The van der Waals surface area contributed by atoms with Crippen LogP contribution < -0.4 is 15.6 Å². The van der Waals surface area contributed by atoms with Gasteiger partial charge in [-0.2, -0.15) is 0 Å². The Balaban J connectivity index is 1.58. The minimum Gasteiger partial charge on any atom is -0.495 e. The van der Waals surface area contributed by atoms with Crippen molar-refractivity contribution < 1.29 is 9.53 Å². The first kappa shape index (κ1) is 19.0. The van der Waals surface area contributed by atoms with E-state index in [1.165, 1.54) is 22.9 Å². The van der Waals surface area contributed by atoms with Crippen LogP contribution in [0.3, 0.4) is 0 Å². The number of hydrogen-bond acceptors (Lipinski definition) is 5. The molecule has 0 saturated heterocycles. The van der Waals surface area contributed by atoms with Gasteiger partial charge in [0.05, 0.1) is 23.8 Å². The number of carbonyl (C=O) groups excluding carboxylic acids is 1. The molecule has 146 valence electrons. The van der Waals surface area contributed by atoms with Crippen LogP contribution in [0.25, 0.3) is 10.2 Å². The predicted octanol–water partition coefficient (Wildman–Crippen LogP) is 3.88. The predicted molar refractivity (Wildman–Crippen MR) is 112 cm³/mol. The lowest BCUT2D eigenvalue weighted by atomic mass is 9.89. The minimum atomic E-state index is -0.317. The van der Waals surface area contributed by atoms with E-state index in [-0.39, 0.29) is 18.0 Å². The van der Waals surface area contributed by atoms with E-state index in [0.717, 1.165) is 29.7 Å². The Kier molecular flexibility index (Phi) is 5.12. The Morgan fingerprint density at radius 2 is 2.29 bits per heavy atom. The maximum absolute atomic E-state index is 13.0. The van der Waals surface area contributed by atoms with Gasteiger partial charge in [0.2, 0.25) is 5.91 Å². The molecule has 2 aromatic heterocycles. The number of nitrogens with one attached hydrogen (secondary N) is 1. The fourth-order valence-corrected chi connectivity index (χ4v) is 5.18. The lowest BCUT2D eigenvalue weighted by Crippen LogP contribution is -2.28. The van der Waals surface area contributed by atoms with Gasteiger partial charge >= 0.3 is 0 Å². The smallest absolute Gasteiger partial charge is 0.262 e. The average Bonchev–Trinajstić information content (AvgIpc) is 3.02. The average molecular weight is 418 g/mol. The number of amides is 1. The Hall–Kier alpha value is -2.38. The van der Waals surface area contributed by atoms with E-state index in [1.54, 1.807) is 29.5 Å². The molecule has 1 aromatic carbocycles. The summed E-state index contributed by atoms with van der Waals surface area (Å²) in [6, 6.07) is 4.98. The summed E-state index contributed by atoms with van der Waals surface area (Å²) in [5.41, 5.74) is 1.51. The molecule has 0 bridgehead atoms. The number of halogens is 1. The zero-order chi connectivity index (χ0) is 19.8. The number of fused-ring (bicyclic) bond motifs is 3. The van der Waals surface area contributed by atoms with Crippen molar-refractivity contribution in [2.75, 3.05) is 12.4 Å². The Labute approximate surface area is 171 Å². The van der Waals surface area contributed by atoms with Crippen LogP contribution in [0.4, 0.5) is 5.69 Å². The third kappa shape index (κ3) is 3.52. The number of aromatic nitrogens is 2. The van der Waals surface area contributed by atoms with Crippen LogP contribution in [0.1, 0.15) is 23.8 Å². The van der Waals surface area contributed by atoms with Crippen molar-refractivity contribution in [2.24, 2.45) is 5.92 Å². The lowest BCUT2D eigenvalue weighted by molar-refractivity contribution is -0.116. The van der Waals surface area contributed by atoms with Crippen LogP contribution in [-0.4, -0.2) is 22.6 Å². The summed E-state index contributed by atoms with van der Waals surface area (Å²) in [7, 11) is 1.53. The van der Waals surface area contributed by atoms with Crippen LogP contribution in [0.2, 0.25) is 5.02 Å². The summed E-state index contributed by atoms with van der Waals surface area (Å²) >= 11 is 7.69. The Morgan fingerprint density at radius 3 is 3.04 bits per heavy atom. The number of benzene rings is 1. The summed E-state index contributed by atoms with van der Waals surface area (Å²) in [6.07, 6.45) is 4.42. The fraction of sp³-hybridized carbons (Fsp3) is 0.350. The molecule has 1 N–H and O–H groups in total. The zero-order valence-electron chi connectivity index (χ0n) is 15.6. The van der Waals surface area contributed by atoms with Crippen molar-refractivity contribution in [1.82, 2.24) is 9.55 Å². The van der Waals surface area contributed by atoms with Gasteiger partial charge in [0.15, 0.2) is 0 Å². The largest absolute Gasteiger partial charge is 0.495 e. The summed E-state index contributed by atoms with van der Waals surface area (Å²) in [5, 5.41) is 3.83. The highest BCUT2D eigenvalue weighted by Gasteiger charge is 2.23. The molecule has 2 heterocycles. The van der Waals surface area contributed by atoms with Crippen molar-refractivity contribution in [2.45, 2.75) is 32.7 Å². The third-order valence-electron chi connectivity index (χ3n) is 5.03. The number of hydrogen-bond donors (Lipinski definition) is 1. The molecular formula is C20H20ClN3O3S. The van der Waals surface area contributed by atoms with Gasteiger partial charge in [-0.05, 0) is 48.9 Å². The highest BCUT2D eigenvalue weighted by Crippen LogP contribution is 2.35. The Morgan fingerprint density at radius 1 is 1.46 bits per heavy atom. The topological polar surface area (TPSA) is 73.2 Å². The highest BCUT2D eigenvalue weighted by atomic mass is 35.5. The number of carbonyl (C=O) groups is 1. The van der Waals surface area contributed by atoms with Crippen LogP contribution in [-0.2, 0) is 24.2 Å². The van der Waals surface area contributed by atoms with Gasteiger partial charge in [0.1, 0.15) is 17.1 Å². The molecule has 0 fully saturated rings. The summed E-state index contributed by atoms with van der Waals surface area (Å²) < 4.78 is 6.47. The number of rotatable bonds is 4. The fourth-order valence-electron chi connectivity index (χ4n) is 3.58. The summed E-state index contributed by atoms with van der Waals surface area (Å²) in [5.74, 6) is 0.842. The maximum Gasteiger partial charge on any atom is 0.262 e. The molecule has 1 aliphatic carbocycles. The summed E-state index contributed by atoms with van der Waals surface area (Å²) in [4.78, 5) is 31.9. The zero-order valence-corrected chi connectivity index (χ0v) is 17.2. The van der Waals surface area contributed by atoms with E-state index in [9.17, 15) is 9.59 Å². The second-order valence-electron chi connectivity index (χ2n) is 7.11. The Bertz CT molecular complexity index is 1120. The van der Waals surface area contributed by atoms with E-state index >= 15 is 0 Å². The van der Waals surface area contributed by atoms with E-state index in [1.807, 2.05) is 0 Å². The maximum atomic E-state index is 13.0. The molecule has 1 aliphatic rings. The number of anilines is 1. The standard InChI is InChI=1S/C20H20ClN3O3S/c1-11-3-5-13-16(7-11)28-19-18(13)20(26)24(10-22-19)9-17(25)23-12-4-6-15(27-2)14(21)8-12/h4,6,8,10-11H,3,5,7,9H2,1-2H3,(H,23,25). The monoisotopic (exact) mass is 417 g/mol. The second kappa shape index (κ2) is 7.56. The molecule has 1 unspecified atom stereocenters. The van der Waals surface area contributed by atoms with E-state index in [2.05, 4.69) is 17.2 Å². The SMILES string of the molecule is COc1ccc(NC(=O)Cn2cnc3sc4c(c3c2=O)CCC(C)C4)cc1Cl. The summed E-state index contributed by atoms with van der Waals surface area (Å²) in [6.45, 7) is 2.13. The van der Waals surface area contributed by atoms with Crippen molar-refractivity contribution in [1.29, 1.82) is 0 Å². The van der Waals surface area contributed by atoms with E-state index < -0.39 is 0 Å². The molecule has 28 heavy (non-hydrogen) atoms. The van der Waals surface area contributed by atoms with Gasteiger partial charge in [0.25, 0.3) is 5.56 Å². The first-order chi connectivity index (χ1) is 13.5. The first-order valence-corrected chi connectivity index (χ1v) is 10.3. The molecule has 6 nitrogen and oxygen atoms in total. The highest BCUT2D eigenvalue weighted by molar-refractivity contribution is 7.18. The number of nitrogens with zero attached hydrogens (tertiary/aromatic N) is 2. The van der Waals surface area contributed by atoms with Crippen LogP contribution in [0.5, 0.6) is 5.75 Å². The quantitative estimate of drug-likeness (QED) is 0.699. The molecule has 0 saturated carbocycles. The number of methoxy groups -OCH3 is 1. The molecule has 3 aromatic rings. The van der Waals surface area contributed by atoms with E-state index in [4.69, 9.17) is 16.3 Å². The van der Waals surface area contributed by atoms with Gasteiger partial charge in [0, 0.05) is 10.6 Å². The normalized spacial score (nSPS) is 16.0. The van der Waals surface area contributed by atoms with Crippen LogP contribution in [0.15, 0.2) is 29.3 Å². The second-order valence-corrected chi connectivity index (χ2v) is 8.60. The molecule has 0 spiro atoms.